The molecule has 2 atom stereocenters. The van der Waals surface area contributed by atoms with Gasteiger partial charge in [-0.05, 0) is 37.5 Å². The maximum atomic E-state index is 11.6. The highest BCUT2D eigenvalue weighted by Crippen LogP contribution is 2.35. The zero-order chi connectivity index (χ0) is 19.9. The molecule has 0 saturated carbocycles. The number of benzene rings is 1. The number of thioether (sulfide) groups is 2. The minimum absolute atomic E-state index is 0.00227. The minimum atomic E-state index is -0.750. The van der Waals surface area contributed by atoms with Crippen LogP contribution in [-0.4, -0.2) is 38.6 Å². The molecule has 0 fully saturated rings. The second kappa shape index (κ2) is 9.92. The van der Waals surface area contributed by atoms with E-state index < -0.39 is 4.75 Å². The van der Waals surface area contributed by atoms with E-state index in [2.05, 4.69) is 45.8 Å². The Morgan fingerprint density at radius 3 is 2.63 bits per heavy atom. The molecule has 2 unspecified atom stereocenters. The lowest BCUT2D eigenvalue weighted by Crippen LogP contribution is -2.33. The minimum Gasteiger partial charge on any atom is -0.329 e. The molecule has 0 bridgehead atoms. The molecule has 1 aromatic heterocycles. The molecular weight excluding hydrogens is 376 g/mol. The van der Waals surface area contributed by atoms with Crippen LogP contribution in [0.15, 0.2) is 53.6 Å². The summed E-state index contributed by atoms with van der Waals surface area (Å²) in [6.07, 6.45) is 5.44. The van der Waals surface area contributed by atoms with Crippen molar-refractivity contribution in [1.29, 1.82) is 0 Å². The highest BCUT2D eigenvalue weighted by molar-refractivity contribution is 8.01. The van der Waals surface area contributed by atoms with E-state index in [1.165, 1.54) is 11.8 Å². The zero-order valence-electron chi connectivity index (χ0n) is 16.0. The number of carbonyl (C=O) groups excluding carboxylic acids is 1. The third-order valence-corrected chi connectivity index (χ3v) is 5.93. The Bertz CT molecular complexity index is 804. The van der Waals surface area contributed by atoms with Crippen LogP contribution in [-0.2, 0) is 4.79 Å². The van der Waals surface area contributed by atoms with E-state index in [1.54, 1.807) is 11.8 Å². The molecule has 2 aromatic rings. The number of aldehydes is 1. The van der Waals surface area contributed by atoms with Gasteiger partial charge in [-0.3, -0.25) is 4.57 Å². The summed E-state index contributed by atoms with van der Waals surface area (Å²) in [7, 11) is 0. The van der Waals surface area contributed by atoms with Gasteiger partial charge in [0.1, 0.15) is 6.29 Å². The van der Waals surface area contributed by atoms with Gasteiger partial charge in [0, 0.05) is 12.1 Å². The number of nitrogens with two attached hydrogens (primary N) is 1. The third-order valence-electron chi connectivity index (χ3n) is 4.22. The fourth-order valence-electron chi connectivity index (χ4n) is 2.61. The molecule has 1 heterocycles. The highest BCUT2D eigenvalue weighted by Gasteiger charge is 2.29. The SMILES string of the molecule is C=CC/C(=C\SC)c1nnc(SC(C)(C=O)CN)n1C(C)c1ccccc1. The van der Waals surface area contributed by atoms with Crippen molar-refractivity contribution in [2.45, 2.75) is 36.2 Å². The Balaban J connectivity index is 2.59. The van der Waals surface area contributed by atoms with Crippen molar-refractivity contribution >= 4 is 35.4 Å². The summed E-state index contributed by atoms with van der Waals surface area (Å²) in [6.45, 7) is 8.01. The van der Waals surface area contributed by atoms with E-state index in [0.717, 1.165) is 23.2 Å². The summed E-state index contributed by atoms with van der Waals surface area (Å²) in [5.41, 5.74) is 8.01. The maximum absolute atomic E-state index is 11.6. The average molecular weight is 403 g/mol. The maximum Gasteiger partial charge on any atom is 0.193 e. The standard InChI is InChI=1S/C20H26N4OS2/c1-5-9-17(12-26-4)18-22-23-19(27-20(3,13-21)14-25)24(18)15(2)16-10-7-6-8-11-16/h5-8,10-12,14-15H,1,9,13,21H2,2-4H3/b17-12+. The van der Waals surface area contributed by atoms with Crippen LogP contribution in [0.2, 0.25) is 0 Å². The Kier molecular flexibility index (Phi) is 7.89. The molecule has 0 saturated heterocycles. The average Bonchev–Trinajstić information content (AvgIpc) is 3.10. The molecule has 2 rings (SSSR count). The number of rotatable bonds is 10. The second-order valence-electron chi connectivity index (χ2n) is 6.37. The van der Waals surface area contributed by atoms with Crippen LogP contribution in [0, 0.1) is 0 Å². The molecule has 5 nitrogen and oxygen atoms in total. The lowest BCUT2D eigenvalue weighted by Gasteiger charge is -2.23. The number of nitrogens with zero attached hydrogens (tertiary/aromatic N) is 3. The second-order valence-corrected chi connectivity index (χ2v) is 8.58. The third kappa shape index (κ3) is 5.12. The fraction of sp³-hybridized carbons (Fsp3) is 0.350. The number of hydrogen-bond donors (Lipinski definition) is 1. The quantitative estimate of drug-likeness (QED) is 0.365. The Morgan fingerprint density at radius 2 is 2.07 bits per heavy atom. The lowest BCUT2D eigenvalue weighted by atomic mass is 10.1. The van der Waals surface area contributed by atoms with Crippen molar-refractivity contribution < 1.29 is 4.79 Å². The van der Waals surface area contributed by atoms with E-state index in [1.807, 2.05) is 37.5 Å². The molecule has 144 valence electrons. The van der Waals surface area contributed by atoms with Crippen molar-refractivity contribution in [2.75, 3.05) is 12.8 Å². The van der Waals surface area contributed by atoms with Gasteiger partial charge in [-0.15, -0.1) is 28.5 Å². The van der Waals surface area contributed by atoms with E-state index in [0.29, 0.717) is 11.6 Å². The van der Waals surface area contributed by atoms with Crippen LogP contribution in [0.4, 0.5) is 0 Å². The smallest absolute Gasteiger partial charge is 0.193 e. The first-order valence-electron chi connectivity index (χ1n) is 8.68. The van der Waals surface area contributed by atoms with Gasteiger partial charge in [0.15, 0.2) is 11.0 Å². The van der Waals surface area contributed by atoms with Crippen molar-refractivity contribution in [2.24, 2.45) is 5.73 Å². The van der Waals surface area contributed by atoms with Crippen molar-refractivity contribution in [1.82, 2.24) is 14.8 Å². The lowest BCUT2D eigenvalue weighted by molar-refractivity contribution is -0.109. The summed E-state index contributed by atoms with van der Waals surface area (Å²) in [6, 6.07) is 10.2. The first kappa shape index (κ1) is 21.5. The summed E-state index contributed by atoms with van der Waals surface area (Å²) in [4.78, 5) is 11.6. The Hall–Kier alpha value is -1.83. The number of aromatic nitrogens is 3. The topological polar surface area (TPSA) is 73.8 Å². The molecule has 0 aliphatic carbocycles. The largest absolute Gasteiger partial charge is 0.329 e. The number of hydrogen-bond acceptors (Lipinski definition) is 6. The molecule has 0 aliphatic rings. The van der Waals surface area contributed by atoms with Crippen LogP contribution in [0.5, 0.6) is 0 Å². The Morgan fingerprint density at radius 1 is 1.37 bits per heavy atom. The van der Waals surface area contributed by atoms with Crippen molar-refractivity contribution in [3.63, 3.8) is 0 Å². The van der Waals surface area contributed by atoms with E-state index in [9.17, 15) is 4.79 Å². The molecule has 7 heteroatoms. The van der Waals surface area contributed by atoms with Crippen molar-refractivity contribution in [3.05, 3.63) is 59.8 Å². The van der Waals surface area contributed by atoms with E-state index in [-0.39, 0.29) is 12.6 Å². The predicted molar refractivity (Wildman–Crippen MR) is 116 cm³/mol. The molecule has 27 heavy (non-hydrogen) atoms. The molecule has 0 radical (unpaired) electrons. The van der Waals surface area contributed by atoms with Crippen LogP contribution in [0.25, 0.3) is 5.57 Å². The fourth-order valence-corrected chi connectivity index (χ4v) is 4.07. The molecule has 0 spiro atoms. The predicted octanol–water partition coefficient (Wildman–Crippen LogP) is 4.18. The van der Waals surface area contributed by atoms with Crippen LogP contribution in [0.1, 0.15) is 37.7 Å². The molecule has 2 N–H and O–H groups in total. The van der Waals surface area contributed by atoms with E-state index >= 15 is 0 Å². The number of allylic oxidation sites excluding steroid dienone is 2. The van der Waals surface area contributed by atoms with Crippen LogP contribution >= 0.6 is 23.5 Å². The van der Waals surface area contributed by atoms with Gasteiger partial charge in [0.25, 0.3) is 0 Å². The van der Waals surface area contributed by atoms with Gasteiger partial charge in [-0.2, -0.15) is 0 Å². The first-order valence-corrected chi connectivity index (χ1v) is 10.8. The summed E-state index contributed by atoms with van der Waals surface area (Å²) in [5.74, 6) is 0.786. The van der Waals surface area contributed by atoms with Crippen LogP contribution in [0.3, 0.4) is 0 Å². The van der Waals surface area contributed by atoms with Gasteiger partial charge in [0.05, 0.1) is 10.8 Å². The normalized spacial score (nSPS) is 15.2. The summed E-state index contributed by atoms with van der Waals surface area (Å²) in [5, 5.41) is 11.6. The van der Waals surface area contributed by atoms with Crippen molar-refractivity contribution in [3.8, 4) is 0 Å². The molecular formula is C20H26N4OS2. The van der Waals surface area contributed by atoms with Gasteiger partial charge >= 0.3 is 0 Å². The van der Waals surface area contributed by atoms with Gasteiger partial charge < -0.3 is 10.5 Å². The van der Waals surface area contributed by atoms with E-state index in [4.69, 9.17) is 5.73 Å². The van der Waals surface area contributed by atoms with Gasteiger partial charge in [0.2, 0.25) is 0 Å². The summed E-state index contributed by atoms with van der Waals surface area (Å²) < 4.78 is 1.34. The first-order chi connectivity index (χ1) is 13.0. The monoisotopic (exact) mass is 402 g/mol. The summed E-state index contributed by atoms with van der Waals surface area (Å²) >= 11 is 2.97. The zero-order valence-corrected chi connectivity index (χ0v) is 17.6. The molecule has 0 aliphatic heterocycles. The number of carbonyl (C=O) groups is 1. The molecule has 1 aromatic carbocycles. The Labute approximate surface area is 169 Å². The molecule has 0 amide bonds. The van der Waals surface area contributed by atoms with Gasteiger partial charge in [-0.25, -0.2) is 0 Å². The van der Waals surface area contributed by atoms with Gasteiger partial charge in [-0.1, -0.05) is 48.2 Å². The van der Waals surface area contributed by atoms with Crippen LogP contribution < -0.4 is 5.73 Å². The highest BCUT2D eigenvalue weighted by atomic mass is 32.2.